The van der Waals surface area contributed by atoms with E-state index < -0.39 is 4.92 Å². The first-order valence-corrected chi connectivity index (χ1v) is 9.36. The van der Waals surface area contributed by atoms with E-state index >= 15 is 0 Å². The lowest BCUT2D eigenvalue weighted by molar-refractivity contribution is -0.394. The van der Waals surface area contributed by atoms with Gasteiger partial charge >= 0.3 is 5.95 Å². The lowest BCUT2D eigenvalue weighted by Crippen LogP contribution is -2.61. The molecule has 1 aromatic rings. The monoisotopic (exact) mass is 345 g/mol. The van der Waals surface area contributed by atoms with Crippen LogP contribution < -0.4 is 0 Å². The van der Waals surface area contributed by atoms with Gasteiger partial charge in [0.15, 0.2) is 0 Å². The zero-order valence-electron chi connectivity index (χ0n) is 14.3. The average molecular weight is 345 g/mol. The number of hydrogen-bond acceptors (Lipinski definition) is 5. The summed E-state index contributed by atoms with van der Waals surface area (Å²) in [5.74, 6) is 1.04. The Bertz CT molecular complexity index is 724. The molecule has 25 heavy (non-hydrogen) atoms. The summed E-state index contributed by atoms with van der Waals surface area (Å²) in [4.78, 5) is 29.7. The largest absolute Gasteiger partial charge is 0.490 e. The number of amides is 1. The molecule has 0 N–H and O–H groups in total. The van der Waals surface area contributed by atoms with Crippen LogP contribution in [0.5, 0.6) is 0 Å². The van der Waals surface area contributed by atoms with E-state index in [-0.39, 0.29) is 16.9 Å². The van der Waals surface area contributed by atoms with Crippen molar-refractivity contribution in [3.05, 3.63) is 16.4 Å². The van der Waals surface area contributed by atoms with Crippen LogP contribution in [0.4, 0.5) is 5.95 Å². The molecule has 1 aromatic heterocycles. The highest BCUT2D eigenvalue weighted by Crippen LogP contribution is 2.64. The second-order valence-corrected chi connectivity index (χ2v) is 8.71. The molecule has 1 saturated heterocycles. The molecule has 1 aliphatic heterocycles. The SMILES string of the molecule is O=C(N1CCCC1)C12C[C@H]3C[C@@H](C1)CC(n1cnc([N+](=O)[O-])n1)(C3)C2. The van der Waals surface area contributed by atoms with Crippen LogP contribution in [0.2, 0.25) is 0 Å². The Morgan fingerprint density at radius 2 is 1.88 bits per heavy atom. The number of carbonyl (C=O) groups excluding carboxylic acids is 1. The van der Waals surface area contributed by atoms with Crippen LogP contribution in [0, 0.1) is 27.4 Å². The molecule has 5 aliphatic rings. The minimum Gasteiger partial charge on any atom is -0.390 e. The summed E-state index contributed by atoms with van der Waals surface area (Å²) in [7, 11) is 0. The fourth-order valence-electron chi connectivity index (χ4n) is 6.55. The first-order valence-electron chi connectivity index (χ1n) is 9.36. The van der Waals surface area contributed by atoms with Gasteiger partial charge in [-0.25, -0.2) is 0 Å². The van der Waals surface area contributed by atoms with Gasteiger partial charge < -0.3 is 15.0 Å². The molecular weight excluding hydrogens is 322 g/mol. The summed E-state index contributed by atoms with van der Waals surface area (Å²) in [5.41, 5.74) is -0.546. The smallest absolute Gasteiger partial charge is 0.390 e. The van der Waals surface area contributed by atoms with Crippen molar-refractivity contribution in [2.45, 2.75) is 56.9 Å². The highest BCUT2D eigenvalue weighted by atomic mass is 16.6. The Labute approximate surface area is 145 Å². The number of rotatable bonds is 3. The fourth-order valence-corrected chi connectivity index (χ4v) is 6.55. The van der Waals surface area contributed by atoms with E-state index in [0.717, 1.165) is 58.0 Å². The number of hydrogen-bond donors (Lipinski definition) is 0. The van der Waals surface area contributed by atoms with Crippen molar-refractivity contribution < 1.29 is 9.72 Å². The predicted molar refractivity (Wildman–Crippen MR) is 87.6 cm³/mol. The van der Waals surface area contributed by atoms with Crippen LogP contribution in [0.3, 0.4) is 0 Å². The van der Waals surface area contributed by atoms with Gasteiger partial charge in [0.2, 0.25) is 12.2 Å². The van der Waals surface area contributed by atoms with Crippen molar-refractivity contribution in [3.63, 3.8) is 0 Å². The second kappa shape index (κ2) is 5.02. The Hall–Kier alpha value is -1.99. The van der Waals surface area contributed by atoms with Gasteiger partial charge in [-0.05, 0) is 68.1 Å². The molecule has 0 radical (unpaired) electrons. The molecule has 6 rings (SSSR count). The first-order chi connectivity index (χ1) is 12.0. The Morgan fingerprint density at radius 3 is 2.48 bits per heavy atom. The fraction of sp³-hybridized carbons (Fsp3) is 0.824. The standard InChI is InChI=1S/C17H23N5O3/c23-14(20-3-1-2-4-20)16-6-12-5-13(7-16)9-17(8-12,10-16)21-11-18-15(19-21)22(24)25/h11-13H,1-10H2/t12-,13+,16?,17?. The van der Waals surface area contributed by atoms with Crippen LogP contribution in [-0.4, -0.2) is 43.6 Å². The molecule has 134 valence electrons. The minimum absolute atomic E-state index is 0.263. The minimum atomic E-state index is -0.540. The number of aromatic nitrogens is 3. The summed E-state index contributed by atoms with van der Waals surface area (Å²) >= 11 is 0. The molecule has 0 aromatic carbocycles. The molecule has 4 aliphatic carbocycles. The van der Waals surface area contributed by atoms with Crippen molar-refractivity contribution in [1.82, 2.24) is 19.7 Å². The zero-order chi connectivity index (χ0) is 17.2. The third-order valence-electron chi connectivity index (χ3n) is 7.01. The van der Waals surface area contributed by atoms with Crippen LogP contribution in [0.25, 0.3) is 0 Å². The predicted octanol–water partition coefficient (Wildman–Crippen LogP) is 2.10. The van der Waals surface area contributed by atoms with Gasteiger partial charge in [0.05, 0.1) is 11.0 Å². The maximum absolute atomic E-state index is 13.4. The average Bonchev–Trinajstić information content (AvgIpc) is 3.25. The van der Waals surface area contributed by atoms with Crippen LogP contribution in [0.1, 0.15) is 51.4 Å². The molecule has 8 heteroatoms. The summed E-state index contributed by atoms with van der Waals surface area (Å²) < 4.78 is 1.73. The molecule has 0 spiro atoms. The van der Waals surface area contributed by atoms with Gasteiger partial charge in [-0.2, -0.15) is 4.68 Å². The Kier molecular flexibility index (Phi) is 3.07. The van der Waals surface area contributed by atoms with Crippen molar-refractivity contribution in [2.75, 3.05) is 13.1 Å². The van der Waals surface area contributed by atoms with E-state index in [1.165, 1.54) is 12.7 Å². The molecule has 5 fully saturated rings. The van der Waals surface area contributed by atoms with Crippen molar-refractivity contribution in [1.29, 1.82) is 0 Å². The lowest BCUT2D eigenvalue weighted by Gasteiger charge is -2.60. The van der Waals surface area contributed by atoms with Gasteiger partial charge in [-0.15, -0.1) is 0 Å². The maximum Gasteiger partial charge on any atom is 0.490 e. The van der Waals surface area contributed by atoms with E-state index in [9.17, 15) is 14.9 Å². The topological polar surface area (TPSA) is 94.2 Å². The first kappa shape index (κ1) is 15.3. The van der Waals surface area contributed by atoms with Crippen molar-refractivity contribution in [2.24, 2.45) is 17.3 Å². The highest BCUT2D eigenvalue weighted by Gasteiger charge is 2.63. The maximum atomic E-state index is 13.4. The Balaban J connectivity index is 1.51. The van der Waals surface area contributed by atoms with Gasteiger partial charge in [0.1, 0.15) is 0 Å². The normalized spacial score (nSPS) is 39.1. The number of nitrogens with zero attached hydrogens (tertiary/aromatic N) is 5. The summed E-state index contributed by atoms with van der Waals surface area (Å²) in [6, 6.07) is 0. The third-order valence-corrected chi connectivity index (χ3v) is 7.01. The third kappa shape index (κ3) is 2.15. The van der Waals surface area contributed by atoms with E-state index in [2.05, 4.69) is 15.0 Å². The van der Waals surface area contributed by atoms with Gasteiger partial charge in [-0.3, -0.25) is 4.79 Å². The van der Waals surface area contributed by atoms with Crippen molar-refractivity contribution >= 4 is 11.9 Å². The van der Waals surface area contributed by atoms with E-state index in [1.807, 2.05) is 0 Å². The lowest BCUT2D eigenvalue weighted by atomic mass is 9.46. The molecular formula is C17H23N5O3. The van der Waals surface area contributed by atoms with E-state index in [1.54, 1.807) is 4.68 Å². The van der Waals surface area contributed by atoms with Crippen LogP contribution >= 0.6 is 0 Å². The molecule has 2 heterocycles. The molecule has 8 nitrogen and oxygen atoms in total. The van der Waals surface area contributed by atoms with Crippen LogP contribution in [0.15, 0.2) is 6.33 Å². The quantitative estimate of drug-likeness (QED) is 0.618. The summed E-state index contributed by atoms with van der Waals surface area (Å²) in [5, 5.41) is 15.2. The molecule has 4 bridgehead atoms. The van der Waals surface area contributed by atoms with Crippen molar-refractivity contribution in [3.8, 4) is 0 Å². The van der Waals surface area contributed by atoms with Gasteiger partial charge in [0, 0.05) is 18.2 Å². The summed E-state index contributed by atoms with van der Waals surface area (Å²) in [6.45, 7) is 1.77. The molecule has 4 saturated carbocycles. The Morgan fingerprint density at radius 1 is 1.20 bits per heavy atom. The molecule has 1 amide bonds. The van der Waals surface area contributed by atoms with E-state index in [4.69, 9.17) is 0 Å². The zero-order valence-corrected chi connectivity index (χ0v) is 14.3. The molecule has 4 atom stereocenters. The number of likely N-dealkylation sites (tertiary alicyclic amines) is 1. The number of nitro groups is 1. The van der Waals surface area contributed by atoms with Gasteiger partial charge in [-0.1, -0.05) is 4.98 Å². The second-order valence-electron chi connectivity index (χ2n) is 8.71. The highest BCUT2D eigenvalue weighted by molar-refractivity contribution is 5.83. The molecule has 2 unspecified atom stereocenters. The van der Waals surface area contributed by atoms with Gasteiger partial charge in [0.25, 0.3) is 0 Å². The van der Waals surface area contributed by atoms with Crippen LogP contribution in [-0.2, 0) is 10.3 Å². The number of carbonyl (C=O) groups is 1. The van der Waals surface area contributed by atoms with E-state index in [0.29, 0.717) is 17.7 Å². The summed E-state index contributed by atoms with van der Waals surface area (Å²) in [6.07, 6.45) is 9.59.